The number of rotatable bonds is 4. The summed E-state index contributed by atoms with van der Waals surface area (Å²) in [5.74, 6) is -0.864. The Bertz CT molecular complexity index is 411. The molecular formula is C14H17NO2. The van der Waals surface area contributed by atoms with E-state index in [9.17, 15) is 4.79 Å². The summed E-state index contributed by atoms with van der Waals surface area (Å²) in [5.41, 5.74) is 2.33. The molecule has 1 saturated heterocycles. The van der Waals surface area contributed by atoms with E-state index < -0.39 is 5.97 Å². The van der Waals surface area contributed by atoms with Gasteiger partial charge in [0.1, 0.15) is 0 Å². The monoisotopic (exact) mass is 231 g/mol. The molecule has 1 N–H and O–H groups in total. The molecule has 0 aliphatic carbocycles. The smallest absolute Gasteiger partial charge is 0.307 e. The van der Waals surface area contributed by atoms with Crippen molar-refractivity contribution in [3.05, 3.63) is 42.0 Å². The van der Waals surface area contributed by atoms with Gasteiger partial charge in [0.05, 0.1) is 5.92 Å². The zero-order chi connectivity index (χ0) is 12.3. The minimum atomic E-state index is -0.672. The van der Waals surface area contributed by atoms with E-state index >= 15 is 0 Å². The predicted octanol–water partition coefficient (Wildman–Crippen LogP) is 2.24. The lowest BCUT2D eigenvalue weighted by molar-refractivity contribution is -0.141. The Morgan fingerprint density at radius 3 is 2.71 bits per heavy atom. The molecule has 0 saturated carbocycles. The Labute approximate surface area is 101 Å². The SMILES string of the molecule is C=Cc1ccc(CN2CCC(C(=O)O)C2)cc1. The summed E-state index contributed by atoms with van der Waals surface area (Å²) in [7, 11) is 0. The number of carbonyl (C=O) groups is 1. The van der Waals surface area contributed by atoms with Gasteiger partial charge in [-0.1, -0.05) is 36.9 Å². The highest BCUT2D eigenvalue weighted by atomic mass is 16.4. The zero-order valence-corrected chi connectivity index (χ0v) is 9.80. The van der Waals surface area contributed by atoms with Gasteiger partial charge in [0.25, 0.3) is 0 Å². The average molecular weight is 231 g/mol. The Kier molecular flexibility index (Phi) is 3.59. The molecule has 1 unspecified atom stereocenters. The molecule has 1 atom stereocenters. The first-order valence-electron chi connectivity index (χ1n) is 5.85. The number of carboxylic acids is 1. The summed E-state index contributed by atoms with van der Waals surface area (Å²) in [4.78, 5) is 13.0. The van der Waals surface area contributed by atoms with E-state index in [1.165, 1.54) is 5.56 Å². The largest absolute Gasteiger partial charge is 0.481 e. The van der Waals surface area contributed by atoms with Crippen molar-refractivity contribution in [1.29, 1.82) is 0 Å². The molecule has 0 bridgehead atoms. The molecule has 1 fully saturated rings. The molecule has 1 aromatic rings. The number of hydrogen-bond acceptors (Lipinski definition) is 2. The molecule has 17 heavy (non-hydrogen) atoms. The number of hydrogen-bond donors (Lipinski definition) is 1. The van der Waals surface area contributed by atoms with Gasteiger partial charge in [-0.15, -0.1) is 0 Å². The highest BCUT2D eigenvalue weighted by Gasteiger charge is 2.27. The lowest BCUT2D eigenvalue weighted by Crippen LogP contribution is -2.22. The lowest BCUT2D eigenvalue weighted by Gasteiger charge is -2.15. The number of aliphatic carboxylic acids is 1. The molecule has 0 radical (unpaired) electrons. The summed E-state index contributed by atoms with van der Waals surface area (Å²) < 4.78 is 0. The fourth-order valence-electron chi connectivity index (χ4n) is 2.20. The van der Waals surface area contributed by atoms with Gasteiger partial charge in [-0.05, 0) is 24.1 Å². The second-order valence-electron chi connectivity index (χ2n) is 4.50. The van der Waals surface area contributed by atoms with Crippen LogP contribution in [0, 0.1) is 5.92 Å². The zero-order valence-electron chi connectivity index (χ0n) is 9.80. The van der Waals surface area contributed by atoms with Crippen molar-refractivity contribution < 1.29 is 9.90 Å². The molecule has 3 heteroatoms. The maximum atomic E-state index is 10.8. The van der Waals surface area contributed by atoms with Crippen LogP contribution < -0.4 is 0 Å². The summed E-state index contributed by atoms with van der Waals surface area (Å²) in [6.07, 6.45) is 2.58. The van der Waals surface area contributed by atoms with Gasteiger partial charge in [-0.2, -0.15) is 0 Å². The fraction of sp³-hybridized carbons (Fsp3) is 0.357. The highest BCUT2D eigenvalue weighted by molar-refractivity contribution is 5.70. The molecular weight excluding hydrogens is 214 g/mol. The lowest BCUT2D eigenvalue weighted by atomic mass is 10.1. The van der Waals surface area contributed by atoms with Crippen LogP contribution in [0.3, 0.4) is 0 Å². The molecule has 1 heterocycles. The van der Waals surface area contributed by atoms with Gasteiger partial charge >= 0.3 is 5.97 Å². The normalized spacial score (nSPS) is 20.4. The van der Waals surface area contributed by atoms with E-state index in [1.807, 2.05) is 18.2 Å². The van der Waals surface area contributed by atoms with Gasteiger partial charge in [0, 0.05) is 13.1 Å². The molecule has 90 valence electrons. The van der Waals surface area contributed by atoms with Crippen molar-refractivity contribution in [3.63, 3.8) is 0 Å². The molecule has 0 aromatic heterocycles. The maximum Gasteiger partial charge on any atom is 0.307 e. The first kappa shape index (κ1) is 11.9. The van der Waals surface area contributed by atoms with E-state index in [-0.39, 0.29) is 5.92 Å². The van der Waals surface area contributed by atoms with E-state index in [4.69, 9.17) is 5.11 Å². The van der Waals surface area contributed by atoms with Crippen molar-refractivity contribution >= 4 is 12.0 Å². The van der Waals surface area contributed by atoms with Gasteiger partial charge in [0.15, 0.2) is 0 Å². The van der Waals surface area contributed by atoms with Crippen LogP contribution in [0.15, 0.2) is 30.8 Å². The molecule has 2 rings (SSSR count). The van der Waals surface area contributed by atoms with Crippen molar-refractivity contribution in [2.24, 2.45) is 5.92 Å². The third-order valence-corrected chi connectivity index (χ3v) is 3.24. The van der Waals surface area contributed by atoms with E-state index in [0.717, 1.165) is 25.1 Å². The predicted molar refractivity (Wildman–Crippen MR) is 67.6 cm³/mol. The number of likely N-dealkylation sites (tertiary alicyclic amines) is 1. The third kappa shape index (κ3) is 2.94. The van der Waals surface area contributed by atoms with Gasteiger partial charge < -0.3 is 5.11 Å². The maximum absolute atomic E-state index is 10.8. The van der Waals surface area contributed by atoms with Gasteiger partial charge in [0.2, 0.25) is 0 Å². The molecule has 0 amide bonds. The van der Waals surface area contributed by atoms with Gasteiger partial charge in [-0.25, -0.2) is 0 Å². The molecule has 3 nitrogen and oxygen atoms in total. The Morgan fingerprint density at radius 1 is 1.47 bits per heavy atom. The van der Waals surface area contributed by atoms with Crippen LogP contribution in [-0.4, -0.2) is 29.1 Å². The molecule has 1 aliphatic rings. The Hall–Kier alpha value is -1.61. The van der Waals surface area contributed by atoms with Crippen LogP contribution in [0.4, 0.5) is 0 Å². The number of benzene rings is 1. The van der Waals surface area contributed by atoms with E-state index in [0.29, 0.717) is 6.54 Å². The quantitative estimate of drug-likeness (QED) is 0.864. The molecule has 1 aliphatic heterocycles. The minimum absolute atomic E-state index is 0.192. The second-order valence-corrected chi connectivity index (χ2v) is 4.50. The number of nitrogens with zero attached hydrogens (tertiary/aromatic N) is 1. The van der Waals surface area contributed by atoms with Crippen molar-refractivity contribution in [2.75, 3.05) is 13.1 Å². The second kappa shape index (κ2) is 5.15. The van der Waals surface area contributed by atoms with Crippen LogP contribution in [-0.2, 0) is 11.3 Å². The van der Waals surface area contributed by atoms with Crippen LogP contribution in [0.25, 0.3) is 6.08 Å². The number of carboxylic acid groups (broad SMARTS) is 1. The first-order valence-corrected chi connectivity index (χ1v) is 5.85. The molecule has 0 spiro atoms. The highest BCUT2D eigenvalue weighted by Crippen LogP contribution is 2.19. The molecule has 1 aromatic carbocycles. The fourth-order valence-corrected chi connectivity index (χ4v) is 2.20. The van der Waals surface area contributed by atoms with Crippen LogP contribution in [0.5, 0.6) is 0 Å². The van der Waals surface area contributed by atoms with Crippen molar-refractivity contribution in [3.8, 4) is 0 Å². The minimum Gasteiger partial charge on any atom is -0.481 e. The van der Waals surface area contributed by atoms with E-state index in [1.54, 1.807) is 0 Å². The Balaban J connectivity index is 1.93. The summed E-state index contributed by atoms with van der Waals surface area (Å²) in [6.45, 7) is 6.09. The Morgan fingerprint density at radius 2 is 2.18 bits per heavy atom. The standard InChI is InChI=1S/C14H17NO2/c1-2-11-3-5-12(6-4-11)9-15-8-7-13(10-15)14(16)17/h2-6,13H,1,7-10H2,(H,16,17). The van der Waals surface area contributed by atoms with Crippen LogP contribution in [0.2, 0.25) is 0 Å². The van der Waals surface area contributed by atoms with Crippen LogP contribution in [0.1, 0.15) is 17.5 Å². The van der Waals surface area contributed by atoms with Crippen LogP contribution >= 0.6 is 0 Å². The van der Waals surface area contributed by atoms with Gasteiger partial charge in [-0.3, -0.25) is 9.69 Å². The topological polar surface area (TPSA) is 40.5 Å². The summed E-state index contributed by atoms with van der Waals surface area (Å²) >= 11 is 0. The third-order valence-electron chi connectivity index (χ3n) is 3.24. The summed E-state index contributed by atoms with van der Waals surface area (Å²) in [5, 5.41) is 8.93. The average Bonchev–Trinajstić information content (AvgIpc) is 2.79. The summed E-state index contributed by atoms with van der Waals surface area (Å²) in [6, 6.07) is 8.22. The van der Waals surface area contributed by atoms with E-state index in [2.05, 4.69) is 23.6 Å². The van der Waals surface area contributed by atoms with Crippen molar-refractivity contribution in [2.45, 2.75) is 13.0 Å². The first-order chi connectivity index (χ1) is 8.19. The van der Waals surface area contributed by atoms with Crippen molar-refractivity contribution in [1.82, 2.24) is 4.90 Å².